The van der Waals surface area contributed by atoms with Crippen LogP contribution < -0.4 is 0 Å². The SMILES string of the molecule is CCCCCC1CCC(OC(=O)c2ccc(C3=CCC(CCC)CC3)cc2)CC1. The maximum absolute atomic E-state index is 12.6. The number of allylic oxidation sites excluding steroid dienone is 2. The van der Waals surface area contributed by atoms with Crippen LogP contribution in [0, 0.1) is 11.8 Å². The number of ether oxygens (including phenoxy) is 1. The minimum atomic E-state index is -0.147. The quantitative estimate of drug-likeness (QED) is 0.312. The summed E-state index contributed by atoms with van der Waals surface area (Å²) in [4.78, 5) is 12.6. The Hall–Kier alpha value is -1.57. The van der Waals surface area contributed by atoms with Gasteiger partial charge in [-0.3, -0.25) is 0 Å². The first-order valence-corrected chi connectivity index (χ1v) is 12.2. The zero-order valence-corrected chi connectivity index (χ0v) is 18.6. The molecule has 2 aliphatic carbocycles. The average Bonchev–Trinajstić information content (AvgIpc) is 2.76. The van der Waals surface area contributed by atoms with Gasteiger partial charge in [0, 0.05) is 0 Å². The molecule has 1 unspecified atom stereocenters. The lowest BCUT2D eigenvalue weighted by atomic mass is 9.84. The van der Waals surface area contributed by atoms with E-state index in [1.54, 1.807) is 0 Å². The van der Waals surface area contributed by atoms with Gasteiger partial charge in [-0.1, -0.05) is 70.6 Å². The second-order valence-corrected chi connectivity index (χ2v) is 9.28. The Bertz CT molecular complexity index is 650. The Morgan fingerprint density at radius 3 is 2.28 bits per heavy atom. The molecule has 160 valence electrons. The molecule has 0 N–H and O–H groups in total. The molecule has 0 amide bonds. The van der Waals surface area contributed by atoms with Crippen molar-refractivity contribution >= 4 is 11.5 Å². The van der Waals surface area contributed by atoms with Crippen molar-refractivity contribution in [3.8, 4) is 0 Å². The summed E-state index contributed by atoms with van der Waals surface area (Å²) in [6.45, 7) is 4.54. The van der Waals surface area contributed by atoms with E-state index in [0.29, 0.717) is 5.56 Å². The van der Waals surface area contributed by atoms with E-state index in [4.69, 9.17) is 4.74 Å². The first-order chi connectivity index (χ1) is 14.2. The van der Waals surface area contributed by atoms with E-state index in [-0.39, 0.29) is 12.1 Å². The molecule has 1 atom stereocenters. The van der Waals surface area contributed by atoms with Crippen LogP contribution in [0.5, 0.6) is 0 Å². The van der Waals surface area contributed by atoms with Crippen molar-refractivity contribution in [2.75, 3.05) is 0 Å². The Morgan fingerprint density at radius 2 is 1.66 bits per heavy atom. The van der Waals surface area contributed by atoms with Crippen molar-refractivity contribution in [1.82, 2.24) is 0 Å². The van der Waals surface area contributed by atoms with Crippen LogP contribution in [0.15, 0.2) is 30.3 Å². The van der Waals surface area contributed by atoms with Crippen LogP contribution >= 0.6 is 0 Å². The summed E-state index contributed by atoms with van der Waals surface area (Å²) < 4.78 is 5.82. The molecule has 3 rings (SSSR count). The molecule has 0 radical (unpaired) electrons. The summed E-state index contributed by atoms with van der Waals surface area (Å²) in [6, 6.07) is 8.11. The zero-order chi connectivity index (χ0) is 20.5. The van der Waals surface area contributed by atoms with Crippen molar-refractivity contribution in [1.29, 1.82) is 0 Å². The highest BCUT2D eigenvalue weighted by Gasteiger charge is 2.24. The van der Waals surface area contributed by atoms with Crippen LogP contribution in [0.4, 0.5) is 0 Å². The molecular formula is C27H40O2. The Kier molecular flexibility index (Phi) is 8.83. The lowest BCUT2D eigenvalue weighted by molar-refractivity contribution is 0.0161. The van der Waals surface area contributed by atoms with Gasteiger partial charge in [0.15, 0.2) is 0 Å². The predicted octanol–water partition coefficient (Wildman–Crippen LogP) is 7.97. The van der Waals surface area contributed by atoms with Gasteiger partial charge in [0.05, 0.1) is 5.56 Å². The predicted molar refractivity (Wildman–Crippen MR) is 122 cm³/mol. The van der Waals surface area contributed by atoms with Crippen LogP contribution in [0.25, 0.3) is 5.57 Å². The van der Waals surface area contributed by atoms with Crippen molar-refractivity contribution in [3.63, 3.8) is 0 Å². The van der Waals surface area contributed by atoms with Crippen molar-refractivity contribution in [2.24, 2.45) is 11.8 Å². The fourth-order valence-corrected chi connectivity index (χ4v) is 5.08. The second kappa shape index (κ2) is 11.6. The van der Waals surface area contributed by atoms with Gasteiger partial charge in [0.25, 0.3) is 0 Å². The van der Waals surface area contributed by atoms with Gasteiger partial charge in [-0.2, -0.15) is 0 Å². The van der Waals surface area contributed by atoms with Gasteiger partial charge < -0.3 is 4.74 Å². The average molecular weight is 397 g/mol. The Morgan fingerprint density at radius 1 is 0.897 bits per heavy atom. The van der Waals surface area contributed by atoms with E-state index in [0.717, 1.165) is 31.1 Å². The topological polar surface area (TPSA) is 26.3 Å². The summed E-state index contributed by atoms with van der Waals surface area (Å²) in [5.41, 5.74) is 3.40. The van der Waals surface area contributed by atoms with Gasteiger partial charge in [0.2, 0.25) is 0 Å². The summed E-state index contributed by atoms with van der Waals surface area (Å²) in [6.07, 6.45) is 18.7. The molecule has 0 spiro atoms. The van der Waals surface area contributed by atoms with Crippen LogP contribution in [0.2, 0.25) is 0 Å². The van der Waals surface area contributed by atoms with E-state index in [2.05, 4.69) is 32.1 Å². The van der Waals surface area contributed by atoms with Crippen molar-refractivity contribution in [2.45, 2.75) is 103 Å². The first kappa shape index (κ1) is 22.1. The lowest BCUT2D eigenvalue weighted by Gasteiger charge is -2.28. The molecule has 0 aromatic heterocycles. The minimum Gasteiger partial charge on any atom is -0.459 e. The number of hydrogen-bond acceptors (Lipinski definition) is 2. The van der Waals surface area contributed by atoms with Crippen molar-refractivity contribution in [3.05, 3.63) is 41.5 Å². The highest BCUT2D eigenvalue weighted by molar-refractivity contribution is 5.90. The third-order valence-corrected chi connectivity index (χ3v) is 6.99. The molecule has 0 aliphatic heterocycles. The normalized spacial score (nSPS) is 24.8. The molecule has 2 heteroatoms. The van der Waals surface area contributed by atoms with Gasteiger partial charge in [-0.15, -0.1) is 0 Å². The monoisotopic (exact) mass is 396 g/mol. The lowest BCUT2D eigenvalue weighted by Crippen LogP contribution is -2.24. The molecule has 1 saturated carbocycles. The standard InChI is InChI=1S/C27H40O2/c1-3-5-6-8-22-11-19-26(20-12-22)29-27(28)25-17-15-24(16-18-25)23-13-9-21(7-4-2)10-14-23/h13,15-18,21-22,26H,3-12,14,19-20H2,1-2H3. The van der Waals surface area contributed by atoms with Crippen LogP contribution in [-0.2, 0) is 4.74 Å². The number of rotatable bonds is 9. The number of carbonyl (C=O) groups is 1. The van der Waals surface area contributed by atoms with E-state index in [9.17, 15) is 4.79 Å². The van der Waals surface area contributed by atoms with E-state index >= 15 is 0 Å². The molecular weight excluding hydrogens is 356 g/mol. The molecule has 0 heterocycles. The summed E-state index contributed by atoms with van der Waals surface area (Å²) in [5.74, 6) is 1.56. The molecule has 0 saturated heterocycles. The van der Waals surface area contributed by atoms with Crippen LogP contribution in [-0.4, -0.2) is 12.1 Å². The summed E-state index contributed by atoms with van der Waals surface area (Å²) >= 11 is 0. The molecule has 2 nitrogen and oxygen atoms in total. The van der Waals surface area contributed by atoms with Gasteiger partial charge in [-0.25, -0.2) is 4.79 Å². The molecule has 1 fully saturated rings. The minimum absolute atomic E-state index is 0.112. The van der Waals surface area contributed by atoms with Gasteiger partial charge in [0.1, 0.15) is 6.10 Å². The highest BCUT2D eigenvalue weighted by Crippen LogP contribution is 2.33. The highest BCUT2D eigenvalue weighted by atomic mass is 16.5. The molecule has 0 bridgehead atoms. The third-order valence-electron chi connectivity index (χ3n) is 6.99. The van der Waals surface area contributed by atoms with E-state index in [1.165, 1.54) is 75.3 Å². The fourth-order valence-electron chi connectivity index (χ4n) is 5.08. The van der Waals surface area contributed by atoms with Crippen molar-refractivity contribution < 1.29 is 9.53 Å². The molecule has 2 aliphatic rings. The number of esters is 1. The van der Waals surface area contributed by atoms with E-state index < -0.39 is 0 Å². The summed E-state index contributed by atoms with van der Waals surface area (Å²) in [7, 11) is 0. The van der Waals surface area contributed by atoms with Crippen LogP contribution in [0.1, 0.15) is 113 Å². The number of hydrogen-bond donors (Lipinski definition) is 0. The molecule has 1 aromatic rings. The molecule has 29 heavy (non-hydrogen) atoms. The number of benzene rings is 1. The third kappa shape index (κ3) is 6.73. The first-order valence-electron chi connectivity index (χ1n) is 12.2. The molecule has 1 aromatic carbocycles. The van der Waals surface area contributed by atoms with E-state index in [1.807, 2.05) is 12.1 Å². The maximum Gasteiger partial charge on any atom is 0.338 e. The Balaban J connectivity index is 1.45. The van der Waals surface area contributed by atoms with Gasteiger partial charge in [-0.05, 0) is 80.1 Å². The largest absolute Gasteiger partial charge is 0.459 e. The van der Waals surface area contributed by atoms with Crippen LogP contribution in [0.3, 0.4) is 0 Å². The second-order valence-electron chi connectivity index (χ2n) is 9.28. The number of unbranched alkanes of at least 4 members (excludes halogenated alkanes) is 2. The summed E-state index contributed by atoms with van der Waals surface area (Å²) in [5, 5.41) is 0. The Labute approximate surface area is 178 Å². The number of carbonyl (C=O) groups excluding carboxylic acids is 1. The smallest absolute Gasteiger partial charge is 0.338 e. The zero-order valence-electron chi connectivity index (χ0n) is 18.6. The maximum atomic E-state index is 12.6. The van der Waals surface area contributed by atoms with Gasteiger partial charge >= 0.3 is 5.97 Å². The fraction of sp³-hybridized carbons (Fsp3) is 0.667.